The molecule has 1 aliphatic rings. The van der Waals surface area contributed by atoms with Crippen LogP contribution < -0.4 is 11.1 Å². The molecule has 0 aliphatic heterocycles. The Bertz CT molecular complexity index is 297. The third-order valence-electron chi connectivity index (χ3n) is 2.75. The van der Waals surface area contributed by atoms with Crippen LogP contribution in [0.25, 0.3) is 0 Å². The van der Waals surface area contributed by atoms with Crippen LogP contribution >= 0.6 is 0 Å². The average molecular weight is 240 g/mol. The second-order valence-corrected chi connectivity index (χ2v) is 5.47. The first-order valence-corrected chi connectivity index (χ1v) is 6.25. The molecule has 0 saturated heterocycles. The summed E-state index contributed by atoms with van der Waals surface area (Å²) in [4.78, 5) is 11.5. The molecule has 0 aromatic heterocycles. The van der Waals surface area contributed by atoms with E-state index in [9.17, 15) is 4.79 Å². The van der Waals surface area contributed by atoms with Crippen molar-refractivity contribution in [2.75, 3.05) is 13.2 Å². The van der Waals surface area contributed by atoms with Crippen LogP contribution in [0.15, 0.2) is 11.3 Å². The van der Waals surface area contributed by atoms with Gasteiger partial charge in [0.25, 0.3) is 0 Å². The first-order chi connectivity index (χ1) is 7.88. The van der Waals surface area contributed by atoms with Crippen molar-refractivity contribution in [3.05, 3.63) is 11.3 Å². The first-order valence-electron chi connectivity index (χ1n) is 6.25. The molecule has 0 heterocycles. The second kappa shape index (κ2) is 6.05. The largest absolute Gasteiger partial charge is 0.401 e. The molecule has 98 valence electrons. The maximum atomic E-state index is 11.5. The highest BCUT2D eigenvalue weighted by Crippen LogP contribution is 2.26. The molecule has 0 aromatic carbocycles. The van der Waals surface area contributed by atoms with E-state index in [-0.39, 0.29) is 11.5 Å². The zero-order valence-electron chi connectivity index (χ0n) is 11.1. The van der Waals surface area contributed by atoms with E-state index in [0.29, 0.717) is 19.6 Å². The van der Waals surface area contributed by atoms with Gasteiger partial charge in [-0.25, -0.2) is 0 Å². The summed E-state index contributed by atoms with van der Waals surface area (Å²) in [6, 6.07) is 0. The summed E-state index contributed by atoms with van der Waals surface area (Å²) in [6.45, 7) is 6.85. The van der Waals surface area contributed by atoms with Gasteiger partial charge in [0.05, 0.1) is 18.8 Å². The quantitative estimate of drug-likeness (QED) is 0.769. The van der Waals surface area contributed by atoms with E-state index in [4.69, 9.17) is 10.5 Å². The summed E-state index contributed by atoms with van der Waals surface area (Å²) < 4.78 is 5.48. The number of hydrogen-bond donors (Lipinski definition) is 2. The number of carbonyl (C=O) groups excluding carboxylic acids is 1. The average Bonchev–Trinajstić information content (AvgIpc) is 2.09. The van der Waals surface area contributed by atoms with Gasteiger partial charge >= 0.3 is 0 Å². The molecule has 0 bridgehead atoms. The Morgan fingerprint density at radius 2 is 2.06 bits per heavy atom. The number of rotatable bonds is 5. The lowest BCUT2D eigenvalue weighted by atomic mass is 9.90. The normalized spacial score (nSPS) is 15.4. The van der Waals surface area contributed by atoms with Crippen molar-refractivity contribution >= 4 is 5.91 Å². The van der Waals surface area contributed by atoms with Crippen LogP contribution in [-0.4, -0.2) is 24.7 Å². The van der Waals surface area contributed by atoms with Crippen LogP contribution in [0, 0.1) is 0 Å². The van der Waals surface area contributed by atoms with E-state index in [2.05, 4.69) is 5.32 Å². The zero-order valence-corrected chi connectivity index (χ0v) is 11.1. The Kier molecular flexibility index (Phi) is 5.00. The summed E-state index contributed by atoms with van der Waals surface area (Å²) in [7, 11) is 0. The van der Waals surface area contributed by atoms with Gasteiger partial charge in [0.2, 0.25) is 5.91 Å². The third-order valence-corrected chi connectivity index (χ3v) is 2.75. The molecule has 0 aromatic rings. The standard InChI is InChI=1S/C13H24N2O2/c1-13(2,3)17-8-7-12(16)15-9-11(14)10-5-4-6-10/h4-9,14H2,1-3H3,(H,15,16). The topological polar surface area (TPSA) is 64.3 Å². The van der Waals surface area contributed by atoms with E-state index in [1.54, 1.807) is 0 Å². The van der Waals surface area contributed by atoms with Crippen LogP contribution in [0.3, 0.4) is 0 Å². The summed E-state index contributed by atoms with van der Waals surface area (Å²) in [5, 5.41) is 2.82. The predicted molar refractivity (Wildman–Crippen MR) is 68.4 cm³/mol. The lowest BCUT2D eigenvalue weighted by molar-refractivity contribution is -0.123. The fraction of sp³-hybridized carbons (Fsp3) is 0.769. The van der Waals surface area contributed by atoms with Crippen molar-refractivity contribution in [2.45, 2.75) is 52.1 Å². The summed E-state index contributed by atoms with van der Waals surface area (Å²) >= 11 is 0. The second-order valence-electron chi connectivity index (χ2n) is 5.47. The minimum atomic E-state index is -0.187. The Morgan fingerprint density at radius 1 is 1.41 bits per heavy atom. The molecular formula is C13H24N2O2. The number of amides is 1. The lowest BCUT2D eigenvalue weighted by Crippen LogP contribution is -2.31. The van der Waals surface area contributed by atoms with Gasteiger partial charge in [0.1, 0.15) is 0 Å². The number of hydrogen-bond acceptors (Lipinski definition) is 3. The van der Waals surface area contributed by atoms with E-state index < -0.39 is 0 Å². The van der Waals surface area contributed by atoms with Crippen LogP contribution in [-0.2, 0) is 9.53 Å². The molecule has 4 heteroatoms. The maximum absolute atomic E-state index is 11.5. The van der Waals surface area contributed by atoms with E-state index in [1.165, 1.54) is 12.0 Å². The molecule has 0 unspecified atom stereocenters. The van der Waals surface area contributed by atoms with Crippen molar-refractivity contribution in [3.63, 3.8) is 0 Å². The smallest absolute Gasteiger partial charge is 0.222 e. The Balaban J connectivity index is 2.13. The highest BCUT2D eigenvalue weighted by atomic mass is 16.5. The Hall–Kier alpha value is -1.03. The van der Waals surface area contributed by atoms with Gasteiger partial charge in [0, 0.05) is 12.1 Å². The van der Waals surface area contributed by atoms with Crippen molar-refractivity contribution in [1.82, 2.24) is 5.32 Å². The van der Waals surface area contributed by atoms with Crippen molar-refractivity contribution in [2.24, 2.45) is 5.73 Å². The monoisotopic (exact) mass is 240 g/mol. The van der Waals surface area contributed by atoms with E-state index in [1.807, 2.05) is 20.8 Å². The highest BCUT2D eigenvalue weighted by Gasteiger charge is 2.13. The van der Waals surface area contributed by atoms with Gasteiger partial charge < -0.3 is 15.8 Å². The fourth-order valence-electron chi connectivity index (χ4n) is 1.53. The van der Waals surface area contributed by atoms with Crippen molar-refractivity contribution < 1.29 is 9.53 Å². The molecule has 1 fully saturated rings. The van der Waals surface area contributed by atoms with Crippen molar-refractivity contribution in [1.29, 1.82) is 0 Å². The molecule has 17 heavy (non-hydrogen) atoms. The molecular weight excluding hydrogens is 216 g/mol. The molecule has 1 aliphatic carbocycles. The SMILES string of the molecule is CC(C)(C)OCCC(=O)NCC(N)=C1CCC1. The Morgan fingerprint density at radius 3 is 2.53 bits per heavy atom. The molecule has 1 amide bonds. The van der Waals surface area contributed by atoms with Gasteiger partial charge in [-0.15, -0.1) is 0 Å². The third kappa shape index (κ3) is 5.73. The molecule has 4 nitrogen and oxygen atoms in total. The van der Waals surface area contributed by atoms with Crippen LogP contribution in [0.5, 0.6) is 0 Å². The van der Waals surface area contributed by atoms with Crippen LogP contribution in [0.1, 0.15) is 46.5 Å². The van der Waals surface area contributed by atoms with E-state index >= 15 is 0 Å². The molecule has 0 radical (unpaired) electrons. The minimum Gasteiger partial charge on any atom is -0.401 e. The number of nitrogens with two attached hydrogens (primary N) is 1. The predicted octanol–water partition coefficient (Wildman–Crippen LogP) is 1.70. The van der Waals surface area contributed by atoms with Gasteiger partial charge in [-0.3, -0.25) is 4.79 Å². The summed E-state index contributed by atoms with van der Waals surface area (Å²) in [6.07, 6.45) is 3.80. The fourth-order valence-corrected chi connectivity index (χ4v) is 1.53. The van der Waals surface area contributed by atoms with Crippen LogP contribution in [0.4, 0.5) is 0 Å². The molecule has 0 spiro atoms. The number of allylic oxidation sites excluding steroid dienone is 1. The number of carbonyl (C=O) groups is 1. The number of ether oxygens (including phenoxy) is 1. The summed E-state index contributed by atoms with van der Waals surface area (Å²) in [5.74, 6) is -0.00266. The maximum Gasteiger partial charge on any atom is 0.222 e. The van der Waals surface area contributed by atoms with Crippen LogP contribution in [0.2, 0.25) is 0 Å². The molecule has 1 rings (SSSR count). The zero-order chi connectivity index (χ0) is 12.9. The summed E-state index contributed by atoms with van der Waals surface area (Å²) in [5.41, 5.74) is 7.81. The molecule has 0 atom stereocenters. The van der Waals surface area contributed by atoms with Crippen molar-refractivity contribution in [3.8, 4) is 0 Å². The van der Waals surface area contributed by atoms with Gasteiger partial charge in [-0.05, 0) is 45.6 Å². The Labute approximate surface area is 104 Å². The molecule has 1 saturated carbocycles. The number of nitrogens with one attached hydrogen (secondary N) is 1. The minimum absolute atomic E-state index is 0.00266. The van der Waals surface area contributed by atoms with E-state index in [0.717, 1.165) is 18.5 Å². The van der Waals surface area contributed by atoms with Gasteiger partial charge in [-0.2, -0.15) is 0 Å². The molecule has 3 N–H and O–H groups in total. The lowest BCUT2D eigenvalue weighted by Gasteiger charge is -2.20. The first kappa shape index (κ1) is 14.0. The van der Waals surface area contributed by atoms with Gasteiger partial charge in [-0.1, -0.05) is 0 Å². The highest BCUT2D eigenvalue weighted by molar-refractivity contribution is 5.76. The van der Waals surface area contributed by atoms with Gasteiger partial charge in [0.15, 0.2) is 0 Å².